The van der Waals surface area contributed by atoms with Crippen molar-refractivity contribution < 1.29 is 47.5 Å². The molecule has 0 radical (unpaired) electrons. The number of carbonyl (C=O) groups excluding carboxylic acids is 1. The van der Waals surface area contributed by atoms with Crippen molar-refractivity contribution in [2.75, 3.05) is 27.3 Å². The van der Waals surface area contributed by atoms with Gasteiger partial charge in [-0.2, -0.15) is 14.0 Å². The number of halogens is 2. The number of H-pyrrole nitrogens is 1. The standard InChI is InChI=1S/C22H27FN2O3.ClHO4/c1-4-22(13-18(27-2)21(26)28-3)9-5-10-25-11-8-15-16-12-14(23)6-7-17(16)24-19(15)20(22)25;2-1(3,4)5/h6-7,12-13,20,24H,4-5,8-11H2,1-3H3;(H,2,3,4,5)/t20?,22-;/m0./s1. The number of ether oxygens (including phenoxy) is 2. The van der Waals surface area contributed by atoms with Gasteiger partial charge in [0, 0.05) is 28.6 Å². The van der Waals surface area contributed by atoms with Crippen molar-refractivity contribution in [2.24, 2.45) is 5.41 Å². The zero-order valence-electron chi connectivity index (χ0n) is 18.7. The van der Waals surface area contributed by atoms with Gasteiger partial charge in [0.25, 0.3) is 0 Å². The van der Waals surface area contributed by atoms with E-state index in [0.29, 0.717) is 0 Å². The molecule has 1 fully saturated rings. The van der Waals surface area contributed by atoms with E-state index in [9.17, 15) is 9.18 Å². The van der Waals surface area contributed by atoms with E-state index in [1.165, 1.54) is 25.8 Å². The number of hydrogen-bond donors (Lipinski definition) is 2. The lowest BCUT2D eigenvalue weighted by Gasteiger charge is -2.50. The normalized spacial score (nSPS) is 23.3. The third-order valence-electron chi connectivity index (χ3n) is 6.50. The molecule has 2 N–H and O–H groups in total. The number of rotatable bonds is 4. The van der Waals surface area contributed by atoms with Crippen LogP contribution in [0.5, 0.6) is 0 Å². The van der Waals surface area contributed by atoms with Crippen molar-refractivity contribution in [3.63, 3.8) is 0 Å². The molecule has 33 heavy (non-hydrogen) atoms. The molecule has 2 atom stereocenters. The molecule has 3 heterocycles. The molecule has 0 amide bonds. The molecule has 2 aromatic rings. The van der Waals surface area contributed by atoms with E-state index in [1.54, 1.807) is 6.07 Å². The molecule has 2 aliphatic rings. The summed E-state index contributed by atoms with van der Waals surface area (Å²) in [6.07, 6.45) is 5.74. The summed E-state index contributed by atoms with van der Waals surface area (Å²) >= 11 is 0. The predicted octanol–water partition coefficient (Wildman–Crippen LogP) is -0.0243. The Labute approximate surface area is 193 Å². The zero-order chi connectivity index (χ0) is 24.4. The van der Waals surface area contributed by atoms with Gasteiger partial charge in [-0.15, -0.1) is 0 Å². The van der Waals surface area contributed by atoms with Crippen molar-refractivity contribution >= 4 is 16.9 Å². The minimum Gasteiger partial charge on any atom is -0.490 e. The second kappa shape index (κ2) is 9.96. The van der Waals surface area contributed by atoms with Crippen LogP contribution in [0, 0.1) is 21.5 Å². The number of aromatic nitrogens is 1. The summed E-state index contributed by atoms with van der Waals surface area (Å²) in [4.78, 5) is 18.2. The topological polar surface area (TPSA) is 144 Å². The van der Waals surface area contributed by atoms with Crippen molar-refractivity contribution in [1.82, 2.24) is 9.88 Å². The molecule has 11 heteroatoms. The van der Waals surface area contributed by atoms with Gasteiger partial charge in [-0.3, -0.25) is 4.90 Å². The van der Waals surface area contributed by atoms with Gasteiger partial charge in [0.2, 0.25) is 5.76 Å². The Hall–Kier alpha value is -2.21. The van der Waals surface area contributed by atoms with Gasteiger partial charge in [0.15, 0.2) is 0 Å². The maximum atomic E-state index is 13.9. The summed E-state index contributed by atoms with van der Waals surface area (Å²) in [5.74, 6) is -0.419. The van der Waals surface area contributed by atoms with Crippen LogP contribution in [0.3, 0.4) is 0 Å². The molecule has 1 aromatic carbocycles. The van der Waals surface area contributed by atoms with E-state index in [-0.39, 0.29) is 23.0 Å². The van der Waals surface area contributed by atoms with Crippen LogP contribution >= 0.6 is 0 Å². The minimum absolute atomic E-state index is 0.0975. The average molecular weight is 487 g/mol. The Balaban J connectivity index is 0.000000555. The largest absolute Gasteiger partial charge is 0.490 e. The Morgan fingerprint density at radius 1 is 1.33 bits per heavy atom. The molecule has 9 nitrogen and oxygen atoms in total. The maximum absolute atomic E-state index is 13.9. The summed E-state index contributed by atoms with van der Waals surface area (Å²) in [5, 5.41) is 0.967. The van der Waals surface area contributed by atoms with E-state index >= 15 is 0 Å². The number of aromatic amines is 1. The molecule has 2 aliphatic heterocycles. The highest BCUT2D eigenvalue weighted by Crippen LogP contribution is 2.52. The Kier molecular flexibility index (Phi) is 7.67. The number of nitrogens with zero attached hydrogens (tertiary/aromatic N) is 1. The van der Waals surface area contributed by atoms with Crippen LogP contribution < -0.4 is 14.0 Å². The molecule has 0 bridgehead atoms. The molecule has 0 saturated carbocycles. The summed E-state index contributed by atoms with van der Waals surface area (Å²) < 4.78 is 56.9. The van der Waals surface area contributed by atoms with Gasteiger partial charge in [0.1, 0.15) is 5.82 Å². The molecule has 0 spiro atoms. The number of methoxy groups -OCH3 is 2. The maximum Gasteiger partial charge on any atom is 0.372 e. The van der Waals surface area contributed by atoms with Crippen molar-refractivity contribution in [1.29, 1.82) is 0 Å². The summed E-state index contributed by atoms with van der Waals surface area (Å²) in [5.41, 5.74) is 3.05. The minimum atomic E-state index is -4.69. The lowest BCUT2D eigenvalue weighted by molar-refractivity contribution is -1.92. The van der Waals surface area contributed by atoms with E-state index < -0.39 is 16.2 Å². The van der Waals surface area contributed by atoms with Crippen LogP contribution in [-0.4, -0.2) is 47.8 Å². The van der Waals surface area contributed by atoms with E-state index in [1.807, 2.05) is 12.1 Å². The second-order valence-electron chi connectivity index (χ2n) is 8.19. The first-order valence-corrected chi connectivity index (χ1v) is 11.8. The SMILES string of the molecule is CC[C@@]1(C=C(OC)C(=O)OC)CCCN2CCc3c([nH]c4ccc(F)cc34)C21.[O-][Cl+3]([O-])([O-])O. The van der Waals surface area contributed by atoms with Crippen molar-refractivity contribution in [3.8, 4) is 0 Å². The summed E-state index contributed by atoms with van der Waals surface area (Å²) in [6.45, 7) is 4.10. The van der Waals surface area contributed by atoms with Crippen molar-refractivity contribution in [2.45, 2.75) is 38.6 Å². The lowest BCUT2D eigenvalue weighted by Crippen LogP contribution is -2.58. The third kappa shape index (κ3) is 5.48. The van der Waals surface area contributed by atoms with Crippen LogP contribution in [-0.2, 0) is 20.7 Å². The Morgan fingerprint density at radius 2 is 2.03 bits per heavy atom. The van der Waals surface area contributed by atoms with E-state index in [0.717, 1.165) is 55.4 Å². The smallest absolute Gasteiger partial charge is 0.372 e. The highest BCUT2D eigenvalue weighted by Gasteiger charge is 2.47. The first-order valence-electron chi connectivity index (χ1n) is 10.6. The number of fused-ring (bicyclic) bond motifs is 5. The van der Waals surface area contributed by atoms with Gasteiger partial charge in [0.05, 0.1) is 35.2 Å². The van der Waals surface area contributed by atoms with Gasteiger partial charge < -0.3 is 14.5 Å². The van der Waals surface area contributed by atoms with Crippen molar-refractivity contribution in [3.05, 3.63) is 47.1 Å². The molecule has 4 rings (SSSR count). The fourth-order valence-corrected chi connectivity index (χ4v) is 5.14. The van der Waals surface area contributed by atoms with Crippen LogP contribution in [0.15, 0.2) is 30.0 Å². The average Bonchev–Trinajstić information content (AvgIpc) is 3.13. The van der Waals surface area contributed by atoms with E-state index in [4.69, 9.17) is 28.1 Å². The first-order chi connectivity index (χ1) is 15.5. The molecule has 1 aromatic heterocycles. The molecular weight excluding hydrogens is 459 g/mol. The Bertz CT molecular complexity index is 1030. The number of benzene rings is 1. The predicted molar refractivity (Wildman–Crippen MR) is 108 cm³/mol. The molecule has 0 aliphatic carbocycles. The van der Waals surface area contributed by atoms with Gasteiger partial charge in [-0.1, -0.05) is 6.92 Å². The number of hydrogen-bond acceptors (Lipinski definition) is 8. The highest BCUT2D eigenvalue weighted by molar-refractivity contribution is 5.87. The number of nitrogens with one attached hydrogen (secondary N) is 1. The molecule has 1 unspecified atom stereocenters. The van der Waals surface area contributed by atoms with Crippen LogP contribution in [0.25, 0.3) is 10.9 Å². The number of esters is 1. The van der Waals surface area contributed by atoms with E-state index in [2.05, 4.69) is 16.8 Å². The van der Waals surface area contributed by atoms with Crippen LogP contribution in [0.1, 0.15) is 43.5 Å². The lowest BCUT2D eigenvalue weighted by atomic mass is 9.67. The fraction of sp³-hybridized carbons (Fsp3) is 0.500. The highest BCUT2D eigenvalue weighted by atomic mass is 35.7. The first kappa shape index (κ1) is 25.4. The van der Waals surface area contributed by atoms with Gasteiger partial charge in [-0.05, 0) is 62.1 Å². The molecule has 1 saturated heterocycles. The Morgan fingerprint density at radius 3 is 2.64 bits per heavy atom. The number of piperidine rings is 1. The number of carbonyl (C=O) groups is 1. The van der Waals surface area contributed by atoms with Gasteiger partial charge in [-0.25, -0.2) is 9.18 Å². The summed E-state index contributed by atoms with van der Waals surface area (Å²) in [7, 11) is -1.82. The quantitative estimate of drug-likeness (QED) is 0.348. The zero-order valence-corrected chi connectivity index (χ0v) is 19.5. The van der Waals surface area contributed by atoms with Gasteiger partial charge >= 0.3 is 5.97 Å². The summed E-state index contributed by atoms with van der Waals surface area (Å²) in [6, 6.07) is 5.03. The van der Waals surface area contributed by atoms with Crippen LogP contribution in [0.4, 0.5) is 4.39 Å². The molecule has 182 valence electrons. The fourth-order valence-electron chi connectivity index (χ4n) is 5.14. The van der Waals surface area contributed by atoms with Crippen LogP contribution in [0.2, 0.25) is 0 Å². The molecular formula is C22H28ClFN2O7. The third-order valence-corrected chi connectivity index (χ3v) is 6.50. The monoisotopic (exact) mass is 486 g/mol. The second-order valence-corrected chi connectivity index (χ2v) is 8.98.